The molecule has 2 atom stereocenters. The highest BCUT2D eigenvalue weighted by Crippen LogP contribution is 2.31. The van der Waals surface area contributed by atoms with Crippen LogP contribution < -0.4 is 4.90 Å². The summed E-state index contributed by atoms with van der Waals surface area (Å²) in [6.07, 6.45) is 2.11. The maximum atomic E-state index is 12.2. The maximum absolute atomic E-state index is 12.2. The van der Waals surface area contributed by atoms with Crippen molar-refractivity contribution in [2.75, 3.05) is 4.90 Å². The van der Waals surface area contributed by atoms with Crippen LogP contribution in [0.1, 0.15) is 25.8 Å². The number of anilines is 1. The SMILES string of the molecule is CC(Br)C(=O)N1c2ccccc2CCC1C. The van der Waals surface area contributed by atoms with E-state index in [1.165, 1.54) is 5.56 Å². The molecule has 2 unspecified atom stereocenters. The highest BCUT2D eigenvalue weighted by molar-refractivity contribution is 9.10. The van der Waals surface area contributed by atoms with Gasteiger partial charge in [-0.3, -0.25) is 4.79 Å². The second kappa shape index (κ2) is 4.58. The van der Waals surface area contributed by atoms with Gasteiger partial charge < -0.3 is 4.90 Å². The van der Waals surface area contributed by atoms with E-state index in [4.69, 9.17) is 0 Å². The zero-order valence-corrected chi connectivity index (χ0v) is 11.2. The number of hydrogen-bond donors (Lipinski definition) is 0. The largest absolute Gasteiger partial charge is 0.308 e. The van der Waals surface area contributed by atoms with Crippen LogP contribution in [0, 0.1) is 0 Å². The number of halogens is 1. The van der Waals surface area contributed by atoms with Crippen LogP contribution in [0.4, 0.5) is 5.69 Å². The predicted molar refractivity (Wildman–Crippen MR) is 70.1 cm³/mol. The lowest BCUT2D eigenvalue weighted by atomic mass is 9.96. The third-order valence-corrected chi connectivity index (χ3v) is 3.49. The van der Waals surface area contributed by atoms with E-state index in [2.05, 4.69) is 28.9 Å². The van der Waals surface area contributed by atoms with Gasteiger partial charge in [0.05, 0.1) is 4.83 Å². The molecular weight excluding hydrogens is 266 g/mol. The molecule has 1 aromatic rings. The van der Waals surface area contributed by atoms with Gasteiger partial charge in [0.2, 0.25) is 5.91 Å². The molecule has 86 valence electrons. The van der Waals surface area contributed by atoms with Gasteiger partial charge in [-0.05, 0) is 38.3 Å². The number of nitrogens with zero attached hydrogens (tertiary/aromatic N) is 1. The molecule has 1 amide bonds. The first-order valence-electron chi connectivity index (χ1n) is 5.66. The van der Waals surface area contributed by atoms with Gasteiger partial charge in [0.25, 0.3) is 0 Å². The first-order valence-corrected chi connectivity index (χ1v) is 6.58. The molecule has 0 aromatic heterocycles. The molecule has 1 heterocycles. The Morgan fingerprint density at radius 2 is 2.19 bits per heavy atom. The molecule has 0 saturated carbocycles. The molecule has 0 bridgehead atoms. The van der Waals surface area contributed by atoms with E-state index in [0.29, 0.717) is 6.04 Å². The van der Waals surface area contributed by atoms with Gasteiger partial charge in [0.1, 0.15) is 0 Å². The smallest absolute Gasteiger partial charge is 0.240 e. The van der Waals surface area contributed by atoms with Gasteiger partial charge in [0, 0.05) is 11.7 Å². The lowest BCUT2D eigenvalue weighted by Gasteiger charge is -2.36. The van der Waals surface area contributed by atoms with E-state index in [1.807, 2.05) is 30.0 Å². The fraction of sp³-hybridized carbons (Fsp3) is 0.462. The van der Waals surface area contributed by atoms with Crippen LogP contribution in [-0.4, -0.2) is 16.8 Å². The quantitative estimate of drug-likeness (QED) is 0.725. The van der Waals surface area contributed by atoms with Gasteiger partial charge in [-0.2, -0.15) is 0 Å². The molecule has 1 aromatic carbocycles. The molecule has 0 aliphatic carbocycles. The number of hydrogen-bond acceptors (Lipinski definition) is 1. The summed E-state index contributed by atoms with van der Waals surface area (Å²) in [7, 11) is 0. The number of aryl methyl sites for hydroxylation is 1. The minimum atomic E-state index is -0.124. The molecule has 16 heavy (non-hydrogen) atoms. The summed E-state index contributed by atoms with van der Waals surface area (Å²) < 4.78 is 0. The van der Waals surface area contributed by atoms with Gasteiger partial charge in [-0.25, -0.2) is 0 Å². The van der Waals surface area contributed by atoms with Crippen molar-refractivity contribution in [1.29, 1.82) is 0 Å². The van der Waals surface area contributed by atoms with Crippen LogP contribution in [0.15, 0.2) is 24.3 Å². The average Bonchev–Trinajstić information content (AvgIpc) is 2.28. The average molecular weight is 282 g/mol. The van der Waals surface area contributed by atoms with E-state index in [1.54, 1.807) is 0 Å². The molecule has 0 fully saturated rings. The number of benzene rings is 1. The van der Waals surface area contributed by atoms with Gasteiger partial charge in [-0.15, -0.1) is 0 Å². The van der Waals surface area contributed by atoms with Crippen molar-refractivity contribution in [3.05, 3.63) is 29.8 Å². The number of para-hydroxylation sites is 1. The number of carbonyl (C=O) groups is 1. The Bertz CT molecular complexity index is 403. The standard InChI is InChI=1S/C13H16BrNO/c1-9-7-8-11-5-3-4-6-12(11)15(9)13(16)10(2)14/h3-6,9-10H,7-8H2,1-2H3. The number of fused-ring (bicyclic) bond motifs is 1. The number of amides is 1. The normalized spacial score (nSPS) is 21.4. The zero-order chi connectivity index (χ0) is 11.7. The van der Waals surface area contributed by atoms with Crippen LogP contribution in [0.3, 0.4) is 0 Å². The van der Waals surface area contributed by atoms with Crippen molar-refractivity contribution in [1.82, 2.24) is 0 Å². The molecule has 1 aliphatic heterocycles. The number of carbonyl (C=O) groups excluding carboxylic acids is 1. The van der Waals surface area contributed by atoms with Crippen LogP contribution in [0.25, 0.3) is 0 Å². The number of rotatable bonds is 1. The Balaban J connectivity index is 2.40. The summed E-state index contributed by atoms with van der Waals surface area (Å²) in [6.45, 7) is 4.00. The van der Waals surface area contributed by atoms with Gasteiger partial charge >= 0.3 is 0 Å². The minimum Gasteiger partial charge on any atom is -0.308 e. The van der Waals surface area contributed by atoms with Crippen LogP contribution in [0.2, 0.25) is 0 Å². The first kappa shape index (κ1) is 11.6. The zero-order valence-electron chi connectivity index (χ0n) is 9.61. The topological polar surface area (TPSA) is 20.3 Å². The number of alkyl halides is 1. The van der Waals surface area contributed by atoms with Crippen molar-refractivity contribution in [3.8, 4) is 0 Å². The molecule has 0 radical (unpaired) electrons. The monoisotopic (exact) mass is 281 g/mol. The predicted octanol–water partition coefficient (Wildman–Crippen LogP) is 3.14. The van der Waals surface area contributed by atoms with E-state index in [-0.39, 0.29) is 10.7 Å². The lowest BCUT2D eigenvalue weighted by Crippen LogP contribution is -2.45. The van der Waals surface area contributed by atoms with Crippen molar-refractivity contribution in [2.45, 2.75) is 37.6 Å². The molecule has 0 spiro atoms. The molecule has 0 N–H and O–H groups in total. The second-order valence-corrected chi connectivity index (χ2v) is 5.71. The summed E-state index contributed by atoms with van der Waals surface area (Å²) in [5.41, 5.74) is 2.36. The molecule has 2 nitrogen and oxygen atoms in total. The molecule has 3 heteroatoms. The van der Waals surface area contributed by atoms with Crippen LogP contribution in [0.5, 0.6) is 0 Å². The Morgan fingerprint density at radius 1 is 1.50 bits per heavy atom. The Labute approximate surface area is 105 Å². The third kappa shape index (κ3) is 2.01. The lowest BCUT2D eigenvalue weighted by molar-refractivity contribution is -0.118. The maximum Gasteiger partial charge on any atom is 0.240 e. The van der Waals surface area contributed by atoms with E-state index >= 15 is 0 Å². The van der Waals surface area contributed by atoms with E-state index in [9.17, 15) is 4.79 Å². The van der Waals surface area contributed by atoms with Crippen molar-refractivity contribution in [2.24, 2.45) is 0 Å². The van der Waals surface area contributed by atoms with Gasteiger partial charge in [-0.1, -0.05) is 34.1 Å². The van der Waals surface area contributed by atoms with Crippen molar-refractivity contribution >= 4 is 27.5 Å². The summed E-state index contributed by atoms with van der Waals surface area (Å²) in [5.74, 6) is 0.152. The fourth-order valence-corrected chi connectivity index (χ4v) is 2.44. The first-order chi connectivity index (χ1) is 7.61. The molecule has 2 rings (SSSR count). The van der Waals surface area contributed by atoms with E-state index in [0.717, 1.165) is 18.5 Å². The second-order valence-electron chi connectivity index (χ2n) is 4.34. The Morgan fingerprint density at radius 3 is 2.88 bits per heavy atom. The minimum absolute atomic E-state index is 0.124. The van der Waals surface area contributed by atoms with E-state index < -0.39 is 0 Å². The molecular formula is C13H16BrNO. The fourth-order valence-electron chi connectivity index (χ4n) is 2.22. The Hall–Kier alpha value is -0.830. The van der Waals surface area contributed by atoms with Crippen molar-refractivity contribution in [3.63, 3.8) is 0 Å². The highest BCUT2D eigenvalue weighted by atomic mass is 79.9. The third-order valence-electron chi connectivity index (χ3n) is 3.10. The summed E-state index contributed by atoms with van der Waals surface area (Å²) in [6, 6.07) is 8.48. The van der Waals surface area contributed by atoms with Crippen molar-refractivity contribution < 1.29 is 4.79 Å². The van der Waals surface area contributed by atoms with Gasteiger partial charge in [0.15, 0.2) is 0 Å². The highest BCUT2D eigenvalue weighted by Gasteiger charge is 2.29. The Kier molecular flexibility index (Phi) is 3.33. The van der Waals surface area contributed by atoms with Crippen LogP contribution >= 0.6 is 15.9 Å². The summed E-state index contributed by atoms with van der Waals surface area (Å²) >= 11 is 3.36. The summed E-state index contributed by atoms with van der Waals surface area (Å²) in [5, 5.41) is 0. The van der Waals surface area contributed by atoms with Crippen LogP contribution in [-0.2, 0) is 11.2 Å². The summed E-state index contributed by atoms with van der Waals surface area (Å²) in [4.78, 5) is 14.0. The molecule has 0 saturated heterocycles. The molecule has 1 aliphatic rings.